The Morgan fingerprint density at radius 3 is 3.13 bits per heavy atom. The van der Waals surface area contributed by atoms with Gasteiger partial charge in [-0.3, -0.25) is 0 Å². The molecular formula is C12H13FN2. The molecule has 0 bridgehead atoms. The minimum Gasteiger partial charge on any atom is -0.356 e. The summed E-state index contributed by atoms with van der Waals surface area (Å²) < 4.78 is 13.5. The largest absolute Gasteiger partial charge is 0.356 e. The van der Waals surface area contributed by atoms with Gasteiger partial charge < -0.3 is 10.3 Å². The molecule has 0 fully saturated rings. The zero-order chi connectivity index (χ0) is 10.4. The van der Waals surface area contributed by atoms with Gasteiger partial charge in [-0.05, 0) is 18.6 Å². The fraction of sp³-hybridized carbons (Fsp3) is 0.333. The maximum absolute atomic E-state index is 13.5. The fourth-order valence-corrected chi connectivity index (χ4v) is 2.32. The molecule has 0 amide bonds. The topological polar surface area (TPSA) is 27.8 Å². The fourth-order valence-electron chi connectivity index (χ4n) is 2.32. The number of fused-ring (bicyclic) bond motifs is 3. The summed E-state index contributed by atoms with van der Waals surface area (Å²) in [5.74, 6) is -0.158. The van der Waals surface area contributed by atoms with Crippen molar-refractivity contribution in [1.82, 2.24) is 10.3 Å². The van der Waals surface area contributed by atoms with Crippen LogP contribution in [0.1, 0.15) is 18.2 Å². The molecule has 15 heavy (non-hydrogen) atoms. The molecule has 0 saturated heterocycles. The van der Waals surface area contributed by atoms with Gasteiger partial charge in [-0.1, -0.05) is 12.1 Å². The average molecular weight is 204 g/mol. The van der Waals surface area contributed by atoms with Gasteiger partial charge >= 0.3 is 0 Å². The molecule has 2 N–H and O–H groups in total. The number of aromatic nitrogens is 1. The van der Waals surface area contributed by atoms with Crippen LogP contribution in [0.4, 0.5) is 4.39 Å². The van der Waals surface area contributed by atoms with Crippen LogP contribution in [-0.2, 0) is 13.0 Å². The molecule has 0 aliphatic carbocycles. The molecule has 1 unspecified atom stereocenters. The molecule has 0 spiro atoms. The summed E-state index contributed by atoms with van der Waals surface area (Å²) in [4.78, 5) is 3.20. The standard InChI is InChI=1S/C12H13FN2/c1-7-5-11-9(6-14-7)8-3-2-4-10(13)12(8)15-11/h2-4,7,14-15H,5-6H2,1H3. The van der Waals surface area contributed by atoms with Gasteiger partial charge in [-0.2, -0.15) is 0 Å². The third kappa shape index (κ3) is 1.27. The lowest BCUT2D eigenvalue weighted by molar-refractivity contribution is 0.511. The van der Waals surface area contributed by atoms with E-state index in [1.54, 1.807) is 6.07 Å². The van der Waals surface area contributed by atoms with Gasteiger partial charge in [-0.25, -0.2) is 4.39 Å². The van der Waals surface area contributed by atoms with Crippen molar-refractivity contribution < 1.29 is 4.39 Å². The highest BCUT2D eigenvalue weighted by atomic mass is 19.1. The van der Waals surface area contributed by atoms with E-state index in [1.165, 1.54) is 17.3 Å². The van der Waals surface area contributed by atoms with E-state index in [-0.39, 0.29) is 5.82 Å². The molecule has 1 atom stereocenters. The van der Waals surface area contributed by atoms with E-state index in [0.29, 0.717) is 11.6 Å². The van der Waals surface area contributed by atoms with E-state index in [4.69, 9.17) is 0 Å². The zero-order valence-corrected chi connectivity index (χ0v) is 8.60. The number of benzene rings is 1. The highest BCUT2D eigenvalue weighted by molar-refractivity contribution is 5.85. The molecule has 3 heteroatoms. The summed E-state index contributed by atoms with van der Waals surface area (Å²) in [7, 11) is 0. The molecule has 1 aromatic heterocycles. The van der Waals surface area contributed by atoms with Gasteiger partial charge in [0.15, 0.2) is 0 Å². The minimum atomic E-state index is -0.158. The van der Waals surface area contributed by atoms with Gasteiger partial charge in [0.2, 0.25) is 0 Å². The Bertz CT molecular complexity index is 516. The number of aromatic amines is 1. The molecular weight excluding hydrogens is 191 g/mol. The van der Waals surface area contributed by atoms with E-state index in [2.05, 4.69) is 17.2 Å². The SMILES string of the molecule is CC1Cc2[nH]c3c(F)cccc3c2CN1. The van der Waals surface area contributed by atoms with Crippen LogP contribution in [0.3, 0.4) is 0 Å². The van der Waals surface area contributed by atoms with Crippen LogP contribution >= 0.6 is 0 Å². The number of halogens is 1. The summed E-state index contributed by atoms with van der Waals surface area (Å²) in [6.45, 7) is 2.98. The molecule has 2 aromatic rings. The van der Waals surface area contributed by atoms with Gasteiger partial charge in [0.1, 0.15) is 5.82 Å². The van der Waals surface area contributed by atoms with E-state index in [9.17, 15) is 4.39 Å². The van der Waals surface area contributed by atoms with Gasteiger partial charge in [-0.15, -0.1) is 0 Å². The van der Waals surface area contributed by atoms with Crippen molar-refractivity contribution in [1.29, 1.82) is 0 Å². The second kappa shape index (κ2) is 3.07. The smallest absolute Gasteiger partial charge is 0.147 e. The summed E-state index contributed by atoms with van der Waals surface area (Å²) >= 11 is 0. The van der Waals surface area contributed by atoms with Crippen molar-refractivity contribution in [3.8, 4) is 0 Å². The predicted molar refractivity (Wildman–Crippen MR) is 58.3 cm³/mol. The Labute approximate surface area is 87.5 Å². The molecule has 3 rings (SSSR count). The first kappa shape index (κ1) is 8.92. The summed E-state index contributed by atoms with van der Waals surface area (Å²) in [5.41, 5.74) is 3.06. The number of hydrogen-bond donors (Lipinski definition) is 2. The van der Waals surface area contributed by atoms with Crippen LogP contribution in [-0.4, -0.2) is 11.0 Å². The number of rotatable bonds is 0. The number of H-pyrrole nitrogens is 1. The van der Waals surface area contributed by atoms with Crippen LogP contribution in [0.15, 0.2) is 18.2 Å². The van der Waals surface area contributed by atoms with Crippen molar-refractivity contribution in [2.45, 2.75) is 25.9 Å². The highest BCUT2D eigenvalue weighted by Crippen LogP contribution is 2.27. The molecule has 0 radical (unpaired) electrons. The van der Waals surface area contributed by atoms with E-state index >= 15 is 0 Å². The lowest BCUT2D eigenvalue weighted by Gasteiger charge is -2.20. The molecule has 1 aliphatic rings. The lowest BCUT2D eigenvalue weighted by Crippen LogP contribution is -2.32. The first-order valence-corrected chi connectivity index (χ1v) is 5.27. The van der Waals surface area contributed by atoms with E-state index in [0.717, 1.165) is 18.4 Å². The molecule has 2 heterocycles. The summed E-state index contributed by atoms with van der Waals surface area (Å²) in [5, 5.41) is 4.41. The second-order valence-electron chi connectivity index (χ2n) is 4.23. The van der Waals surface area contributed by atoms with Crippen molar-refractivity contribution in [2.75, 3.05) is 0 Å². The van der Waals surface area contributed by atoms with Crippen molar-refractivity contribution >= 4 is 10.9 Å². The molecule has 1 aromatic carbocycles. The van der Waals surface area contributed by atoms with Gasteiger partial charge in [0.05, 0.1) is 5.52 Å². The summed E-state index contributed by atoms with van der Waals surface area (Å²) in [6.07, 6.45) is 0.948. The van der Waals surface area contributed by atoms with Crippen molar-refractivity contribution in [3.05, 3.63) is 35.3 Å². The Morgan fingerprint density at radius 2 is 2.27 bits per heavy atom. The second-order valence-corrected chi connectivity index (χ2v) is 4.23. The molecule has 2 nitrogen and oxygen atoms in total. The first-order valence-electron chi connectivity index (χ1n) is 5.27. The van der Waals surface area contributed by atoms with Crippen LogP contribution in [0, 0.1) is 5.82 Å². The Balaban J connectivity index is 2.27. The van der Waals surface area contributed by atoms with Crippen LogP contribution in [0.5, 0.6) is 0 Å². The zero-order valence-electron chi connectivity index (χ0n) is 8.60. The Morgan fingerprint density at radius 1 is 1.40 bits per heavy atom. The Kier molecular flexibility index (Phi) is 1.83. The average Bonchev–Trinajstić information content (AvgIpc) is 2.57. The van der Waals surface area contributed by atoms with E-state index in [1.807, 2.05) is 6.07 Å². The Hall–Kier alpha value is -1.35. The van der Waals surface area contributed by atoms with Crippen LogP contribution in [0.25, 0.3) is 10.9 Å². The predicted octanol–water partition coefficient (Wildman–Crippen LogP) is 2.34. The van der Waals surface area contributed by atoms with Gasteiger partial charge in [0, 0.05) is 30.1 Å². The first-order chi connectivity index (χ1) is 7.25. The monoisotopic (exact) mass is 204 g/mol. The number of hydrogen-bond acceptors (Lipinski definition) is 1. The third-order valence-corrected chi connectivity index (χ3v) is 3.12. The maximum atomic E-state index is 13.5. The normalized spacial score (nSPS) is 20.5. The van der Waals surface area contributed by atoms with Crippen molar-refractivity contribution in [2.24, 2.45) is 0 Å². The van der Waals surface area contributed by atoms with Crippen LogP contribution in [0.2, 0.25) is 0 Å². The number of nitrogens with one attached hydrogen (secondary N) is 2. The minimum absolute atomic E-state index is 0.158. The maximum Gasteiger partial charge on any atom is 0.147 e. The quantitative estimate of drug-likeness (QED) is 0.677. The number of para-hydroxylation sites is 1. The third-order valence-electron chi connectivity index (χ3n) is 3.12. The lowest BCUT2D eigenvalue weighted by atomic mass is 10.0. The summed E-state index contributed by atoms with van der Waals surface area (Å²) in [6, 6.07) is 5.71. The highest BCUT2D eigenvalue weighted by Gasteiger charge is 2.19. The van der Waals surface area contributed by atoms with Crippen LogP contribution < -0.4 is 5.32 Å². The van der Waals surface area contributed by atoms with E-state index < -0.39 is 0 Å². The molecule has 78 valence electrons. The van der Waals surface area contributed by atoms with Gasteiger partial charge in [0.25, 0.3) is 0 Å². The molecule has 1 aliphatic heterocycles. The van der Waals surface area contributed by atoms with Crippen molar-refractivity contribution in [3.63, 3.8) is 0 Å². The molecule has 0 saturated carbocycles.